The molecule has 3 rings (SSSR count). The lowest BCUT2D eigenvalue weighted by Gasteiger charge is -2.33. The molecule has 29 heavy (non-hydrogen) atoms. The molecule has 0 saturated carbocycles. The number of hydrogen-bond donors (Lipinski definition) is 1. The van der Waals surface area contributed by atoms with Gasteiger partial charge < -0.3 is 24.3 Å². The van der Waals surface area contributed by atoms with Crippen molar-refractivity contribution in [3.05, 3.63) is 40.2 Å². The standard InChI is InChI=1S/C18H18F3N3O5/c1-2-28-17(27)24-8-6-23(7-9-24)16(26)12-10-22-14-11(15(12)25)4-3-5-13(14)29-18(19,20)21/h3-5,10H,2,6-9H2,1H3,(H,22,25). The molecule has 0 radical (unpaired) electrons. The van der Waals surface area contributed by atoms with Crippen LogP contribution in [-0.2, 0) is 4.74 Å². The number of piperazine rings is 1. The molecule has 1 aliphatic rings. The van der Waals surface area contributed by atoms with Gasteiger partial charge in [0.15, 0.2) is 5.75 Å². The monoisotopic (exact) mass is 413 g/mol. The number of nitrogens with zero attached hydrogens (tertiary/aromatic N) is 2. The number of aromatic nitrogens is 1. The Labute approximate surface area is 162 Å². The van der Waals surface area contributed by atoms with Gasteiger partial charge in [0.25, 0.3) is 5.91 Å². The molecule has 1 fully saturated rings. The molecular formula is C18H18F3N3O5. The Bertz CT molecular complexity index is 981. The minimum atomic E-state index is -4.92. The summed E-state index contributed by atoms with van der Waals surface area (Å²) in [5.74, 6) is -1.13. The van der Waals surface area contributed by atoms with Crippen molar-refractivity contribution in [3.8, 4) is 5.75 Å². The molecule has 0 unspecified atom stereocenters. The van der Waals surface area contributed by atoms with Crippen LogP contribution in [0.2, 0.25) is 0 Å². The number of carbonyl (C=O) groups is 2. The van der Waals surface area contributed by atoms with Crippen LogP contribution in [0, 0.1) is 0 Å². The number of H-pyrrole nitrogens is 1. The largest absolute Gasteiger partial charge is 0.573 e. The van der Waals surface area contributed by atoms with Gasteiger partial charge >= 0.3 is 12.5 Å². The zero-order chi connectivity index (χ0) is 21.2. The fourth-order valence-electron chi connectivity index (χ4n) is 3.07. The first-order chi connectivity index (χ1) is 13.7. The first-order valence-corrected chi connectivity index (χ1v) is 8.82. The molecule has 0 spiro atoms. The second-order valence-corrected chi connectivity index (χ2v) is 6.24. The second kappa shape index (κ2) is 8.02. The molecule has 0 aliphatic carbocycles. The summed E-state index contributed by atoms with van der Waals surface area (Å²) in [7, 11) is 0. The number of rotatable bonds is 3. The Hall–Kier alpha value is -3.24. The van der Waals surface area contributed by atoms with Crippen molar-refractivity contribution in [2.75, 3.05) is 32.8 Å². The van der Waals surface area contributed by atoms with E-state index in [1.54, 1.807) is 6.92 Å². The predicted molar refractivity (Wildman–Crippen MR) is 95.8 cm³/mol. The fourth-order valence-corrected chi connectivity index (χ4v) is 3.07. The quantitative estimate of drug-likeness (QED) is 0.834. The summed E-state index contributed by atoms with van der Waals surface area (Å²) in [6.07, 6.45) is -4.31. The van der Waals surface area contributed by atoms with Crippen molar-refractivity contribution >= 4 is 22.9 Å². The maximum absolute atomic E-state index is 12.7. The molecule has 8 nitrogen and oxygen atoms in total. The summed E-state index contributed by atoms with van der Waals surface area (Å²) < 4.78 is 46.5. The van der Waals surface area contributed by atoms with Crippen molar-refractivity contribution in [1.82, 2.24) is 14.8 Å². The number of aromatic amines is 1. The molecule has 1 N–H and O–H groups in total. The van der Waals surface area contributed by atoms with E-state index < -0.39 is 29.5 Å². The van der Waals surface area contributed by atoms with E-state index in [1.807, 2.05) is 0 Å². The van der Waals surface area contributed by atoms with E-state index in [0.717, 1.165) is 12.3 Å². The number of para-hydroxylation sites is 1. The third kappa shape index (κ3) is 4.44. The molecule has 2 heterocycles. The maximum atomic E-state index is 12.7. The molecule has 11 heteroatoms. The average Bonchev–Trinajstić information content (AvgIpc) is 2.67. The van der Waals surface area contributed by atoms with Crippen molar-refractivity contribution < 1.29 is 32.2 Å². The van der Waals surface area contributed by atoms with E-state index in [2.05, 4.69) is 9.72 Å². The fraction of sp³-hybridized carbons (Fsp3) is 0.389. The predicted octanol–water partition coefficient (Wildman–Crippen LogP) is 2.34. The van der Waals surface area contributed by atoms with Gasteiger partial charge in [0.05, 0.1) is 17.5 Å². The lowest BCUT2D eigenvalue weighted by atomic mass is 10.1. The van der Waals surface area contributed by atoms with E-state index >= 15 is 0 Å². The van der Waals surface area contributed by atoms with Crippen LogP contribution in [0.5, 0.6) is 5.75 Å². The molecule has 2 aromatic rings. The molecular weight excluding hydrogens is 395 g/mol. The molecule has 0 atom stereocenters. The van der Waals surface area contributed by atoms with Crippen LogP contribution >= 0.6 is 0 Å². The van der Waals surface area contributed by atoms with Crippen LogP contribution in [0.4, 0.5) is 18.0 Å². The number of nitrogens with one attached hydrogen (secondary N) is 1. The zero-order valence-electron chi connectivity index (χ0n) is 15.4. The Balaban J connectivity index is 1.82. The molecule has 1 aromatic carbocycles. The summed E-state index contributed by atoms with van der Waals surface area (Å²) in [6.45, 7) is 2.83. The van der Waals surface area contributed by atoms with Crippen molar-refractivity contribution in [1.29, 1.82) is 0 Å². The number of fused-ring (bicyclic) bond motifs is 1. The van der Waals surface area contributed by atoms with Crippen LogP contribution in [0.25, 0.3) is 10.9 Å². The van der Waals surface area contributed by atoms with Gasteiger partial charge in [-0.2, -0.15) is 0 Å². The Kier molecular flexibility index (Phi) is 5.66. The third-order valence-corrected chi connectivity index (χ3v) is 4.43. The van der Waals surface area contributed by atoms with Crippen LogP contribution in [-0.4, -0.2) is 65.9 Å². The summed E-state index contributed by atoms with van der Waals surface area (Å²) in [6, 6.07) is 3.62. The van der Waals surface area contributed by atoms with Crippen molar-refractivity contribution in [3.63, 3.8) is 0 Å². The van der Waals surface area contributed by atoms with Gasteiger partial charge in [-0.05, 0) is 19.1 Å². The van der Waals surface area contributed by atoms with E-state index in [1.165, 1.54) is 21.9 Å². The number of halogens is 3. The van der Waals surface area contributed by atoms with Crippen LogP contribution < -0.4 is 10.2 Å². The lowest BCUT2D eigenvalue weighted by Crippen LogP contribution is -2.51. The van der Waals surface area contributed by atoms with Crippen LogP contribution in [0.1, 0.15) is 17.3 Å². The Morgan fingerprint density at radius 3 is 2.41 bits per heavy atom. The number of carbonyl (C=O) groups excluding carboxylic acids is 2. The number of pyridine rings is 1. The summed E-state index contributed by atoms with van der Waals surface area (Å²) in [4.78, 5) is 42.6. The summed E-state index contributed by atoms with van der Waals surface area (Å²) in [5.41, 5.74) is -1.06. The van der Waals surface area contributed by atoms with E-state index in [0.29, 0.717) is 0 Å². The smallest absolute Gasteiger partial charge is 0.450 e. The Morgan fingerprint density at radius 2 is 1.79 bits per heavy atom. The van der Waals surface area contributed by atoms with Gasteiger partial charge in [-0.15, -0.1) is 13.2 Å². The second-order valence-electron chi connectivity index (χ2n) is 6.24. The van der Waals surface area contributed by atoms with Gasteiger partial charge in [-0.25, -0.2) is 4.79 Å². The minimum Gasteiger partial charge on any atom is -0.450 e. The highest BCUT2D eigenvalue weighted by Gasteiger charge is 2.32. The maximum Gasteiger partial charge on any atom is 0.573 e. The van der Waals surface area contributed by atoms with E-state index in [9.17, 15) is 27.6 Å². The van der Waals surface area contributed by atoms with Crippen molar-refractivity contribution in [2.24, 2.45) is 0 Å². The number of alkyl halides is 3. The number of hydrogen-bond acceptors (Lipinski definition) is 5. The SMILES string of the molecule is CCOC(=O)N1CCN(C(=O)c2c[nH]c3c(OC(F)(F)F)cccc3c2=O)CC1. The summed E-state index contributed by atoms with van der Waals surface area (Å²) >= 11 is 0. The van der Waals surface area contributed by atoms with Crippen LogP contribution in [0.15, 0.2) is 29.2 Å². The molecule has 1 aromatic heterocycles. The van der Waals surface area contributed by atoms with Gasteiger partial charge in [-0.3, -0.25) is 9.59 Å². The Morgan fingerprint density at radius 1 is 1.14 bits per heavy atom. The molecule has 2 amide bonds. The number of amides is 2. The molecule has 1 saturated heterocycles. The third-order valence-electron chi connectivity index (χ3n) is 4.43. The van der Waals surface area contributed by atoms with E-state index in [-0.39, 0.29) is 49.3 Å². The average molecular weight is 413 g/mol. The first kappa shape index (κ1) is 20.5. The highest BCUT2D eigenvalue weighted by Crippen LogP contribution is 2.28. The minimum absolute atomic E-state index is 0.0947. The highest BCUT2D eigenvalue weighted by molar-refractivity contribution is 5.98. The first-order valence-electron chi connectivity index (χ1n) is 8.82. The van der Waals surface area contributed by atoms with E-state index in [4.69, 9.17) is 4.74 Å². The molecule has 0 bridgehead atoms. The summed E-state index contributed by atoms with van der Waals surface area (Å²) in [5, 5.41) is -0.0947. The highest BCUT2D eigenvalue weighted by atomic mass is 19.4. The normalized spacial score (nSPS) is 14.8. The zero-order valence-corrected chi connectivity index (χ0v) is 15.4. The van der Waals surface area contributed by atoms with Crippen LogP contribution in [0.3, 0.4) is 0 Å². The number of benzene rings is 1. The van der Waals surface area contributed by atoms with Gasteiger partial charge in [0.2, 0.25) is 5.43 Å². The number of ether oxygens (including phenoxy) is 2. The van der Waals surface area contributed by atoms with Crippen molar-refractivity contribution in [2.45, 2.75) is 13.3 Å². The topological polar surface area (TPSA) is 91.9 Å². The molecule has 1 aliphatic heterocycles. The van der Waals surface area contributed by atoms with Gasteiger partial charge in [0, 0.05) is 32.4 Å². The lowest BCUT2D eigenvalue weighted by molar-refractivity contribution is -0.274. The van der Waals surface area contributed by atoms with Gasteiger partial charge in [-0.1, -0.05) is 6.07 Å². The van der Waals surface area contributed by atoms with Gasteiger partial charge in [0.1, 0.15) is 5.56 Å². The molecule has 156 valence electrons.